The average molecular weight is 332 g/mol. The largest absolute Gasteiger partial charge is 0.379 e. The molecule has 0 radical (unpaired) electrons. The Balaban J connectivity index is 2.29. The number of rotatable bonds is 3. The second-order valence-electron chi connectivity index (χ2n) is 4.48. The van der Waals surface area contributed by atoms with E-state index < -0.39 is 17.1 Å². The first kappa shape index (κ1) is 15.6. The highest BCUT2D eigenvalue weighted by atomic mass is 35.5. The molecule has 8 heteroatoms. The highest BCUT2D eigenvalue weighted by molar-refractivity contribution is 6.35. The molecule has 0 saturated carbocycles. The van der Waals surface area contributed by atoms with Gasteiger partial charge in [-0.1, -0.05) is 23.2 Å². The molecular weight excluding hydrogens is 320 g/mol. The maximum atomic E-state index is 13.3. The molecule has 0 amide bonds. The van der Waals surface area contributed by atoms with Crippen molar-refractivity contribution in [3.63, 3.8) is 0 Å². The Bertz CT molecular complexity index is 791. The van der Waals surface area contributed by atoms with Crippen LogP contribution in [-0.4, -0.2) is 9.13 Å². The quantitative estimate of drug-likeness (QED) is 0.877. The Morgan fingerprint density at radius 2 is 1.67 bits per heavy atom. The monoisotopic (exact) mass is 331 g/mol. The fourth-order valence-electron chi connectivity index (χ4n) is 1.80. The first-order chi connectivity index (χ1) is 9.81. The molecule has 1 N–H and O–H groups in total. The number of nitrogens with one attached hydrogen (secondary N) is 1. The zero-order chi connectivity index (χ0) is 15.7. The molecule has 0 spiro atoms. The van der Waals surface area contributed by atoms with Crippen LogP contribution in [0.4, 0.5) is 10.1 Å². The Hall–Kier alpha value is -1.79. The minimum atomic E-state index is -0.690. The van der Waals surface area contributed by atoms with Crippen LogP contribution >= 0.6 is 23.2 Å². The molecule has 2 rings (SSSR count). The van der Waals surface area contributed by atoms with Crippen LogP contribution in [-0.2, 0) is 20.6 Å². The van der Waals surface area contributed by atoms with Gasteiger partial charge >= 0.3 is 5.69 Å². The lowest BCUT2D eigenvalue weighted by atomic mass is 10.3. The normalized spacial score (nSPS) is 10.7. The van der Waals surface area contributed by atoms with E-state index in [2.05, 4.69) is 5.32 Å². The van der Waals surface area contributed by atoms with Crippen LogP contribution < -0.4 is 16.6 Å². The van der Waals surface area contributed by atoms with Gasteiger partial charge in [0.05, 0.1) is 16.6 Å². The lowest BCUT2D eigenvalue weighted by Crippen LogP contribution is -2.38. The third-order valence-electron chi connectivity index (χ3n) is 3.08. The van der Waals surface area contributed by atoms with Gasteiger partial charge in [0.2, 0.25) is 0 Å². The molecule has 0 fully saturated rings. The molecule has 1 aromatic carbocycles. The van der Waals surface area contributed by atoms with Crippen molar-refractivity contribution in [3.05, 3.63) is 60.6 Å². The summed E-state index contributed by atoms with van der Waals surface area (Å²) in [5, 5.41) is 2.72. The number of hydrogen-bond acceptors (Lipinski definition) is 3. The highest BCUT2D eigenvalue weighted by Gasteiger charge is 2.09. The van der Waals surface area contributed by atoms with Crippen molar-refractivity contribution in [1.82, 2.24) is 9.13 Å². The van der Waals surface area contributed by atoms with Gasteiger partial charge in [0.15, 0.2) is 5.82 Å². The minimum absolute atomic E-state index is 0.108. The summed E-state index contributed by atoms with van der Waals surface area (Å²) in [6.07, 6.45) is 0. The zero-order valence-corrected chi connectivity index (χ0v) is 12.8. The summed E-state index contributed by atoms with van der Waals surface area (Å²) in [5.74, 6) is -0.690. The first-order valence-electron chi connectivity index (χ1n) is 5.95. The smallest absolute Gasteiger partial charge is 0.330 e. The zero-order valence-electron chi connectivity index (χ0n) is 11.3. The number of hydrogen-bond donors (Lipinski definition) is 1. The van der Waals surface area contributed by atoms with Gasteiger partial charge in [0, 0.05) is 31.5 Å². The van der Waals surface area contributed by atoms with E-state index in [4.69, 9.17) is 23.2 Å². The summed E-state index contributed by atoms with van der Waals surface area (Å²) < 4.78 is 15.7. The van der Waals surface area contributed by atoms with Gasteiger partial charge in [0.1, 0.15) is 0 Å². The van der Waals surface area contributed by atoms with Gasteiger partial charge in [-0.2, -0.15) is 0 Å². The number of benzene rings is 1. The minimum Gasteiger partial charge on any atom is -0.379 e. The molecule has 5 nitrogen and oxygen atoms in total. The number of halogens is 3. The van der Waals surface area contributed by atoms with E-state index in [9.17, 15) is 14.0 Å². The predicted octanol–water partition coefficient (Wildman–Crippen LogP) is 2.14. The van der Waals surface area contributed by atoms with E-state index in [-0.39, 0.29) is 16.6 Å². The topological polar surface area (TPSA) is 56.0 Å². The molecule has 0 atom stereocenters. The van der Waals surface area contributed by atoms with Crippen molar-refractivity contribution < 1.29 is 4.39 Å². The molecule has 21 heavy (non-hydrogen) atoms. The van der Waals surface area contributed by atoms with Crippen molar-refractivity contribution in [1.29, 1.82) is 0 Å². The van der Waals surface area contributed by atoms with Crippen LogP contribution in [0.5, 0.6) is 0 Å². The lowest BCUT2D eigenvalue weighted by Gasteiger charge is -2.12. The van der Waals surface area contributed by atoms with Crippen molar-refractivity contribution >= 4 is 28.9 Å². The van der Waals surface area contributed by atoms with Crippen LogP contribution in [0.15, 0.2) is 27.8 Å². The lowest BCUT2D eigenvalue weighted by molar-refractivity contribution is 0.628. The Morgan fingerprint density at radius 1 is 1.10 bits per heavy atom. The van der Waals surface area contributed by atoms with E-state index in [1.165, 1.54) is 29.8 Å². The van der Waals surface area contributed by atoms with E-state index in [0.29, 0.717) is 11.4 Å². The van der Waals surface area contributed by atoms with E-state index in [1.807, 2.05) is 0 Å². The average Bonchev–Trinajstić information content (AvgIpc) is 2.44. The molecule has 1 heterocycles. The third-order valence-corrected chi connectivity index (χ3v) is 3.63. The van der Waals surface area contributed by atoms with Gasteiger partial charge < -0.3 is 5.32 Å². The van der Waals surface area contributed by atoms with Crippen LogP contribution in [0, 0.1) is 5.82 Å². The standard InChI is InChI=1S/C13H12Cl2FN3O2/c1-18-8(5-11(20)19(2)13(18)21)6-17-7-3-9(14)12(16)10(15)4-7/h3-5,17H,6H2,1-2H3. The van der Waals surface area contributed by atoms with E-state index in [1.54, 1.807) is 7.05 Å². The third kappa shape index (κ3) is 3.11. The summed E-state index contributed by atoms with van der Waals surface area (Å²) in [5.41, 5.74) is 0.152. The highest BCUT2D eigenvalue weighted by Crippen LogP contribution is 2.27. The van der Waals surface area contributed by atoms with Crippen molar-refractivity contribution in [3.8, 4) is 0 Å². The number of anilines is 1. The van der Waals surface area contributed by atoms with Crippen molar-refractivity contribution in [2.45, 2.75) is 6.54 Å². The van der Waals surface area contributed by atoms with E-state index >= 15 is 0 Å². The molecular formula is C13H12Cl2FN3O2. The fourth-order valence-corrected chi connectivity index (χ4v) is 2.29. The van der Waals surface area contributed by atoms with Crippen LogP contribution in [0.3, 0.4) is 0 Å². The molecule has 0 saturated heterocycles. The van der Waals surface area contributed by atoms with Gasteiger partial charge in [-0.3, -0.25) is 13.9 Å². The number of aromatic nitrogens is 2. The second-order valence-corrected chi connectivity index (χ2v) is 5.30. The van der Waals surface area contributed by atoms with Crippen LogP contribution in [0.1, 0.15) is 5.69 Å². The van der Waals surface area contributed by atoms with Crippen molar-refractivity contribution in [2.24, 2.45) is 14.1 Å². The first-order valence-corrected chi connectivity index (χ1v) is 6.71. The second kappa shape index (κ2) is 5.91. The van der Waals surface area contributed by atoms with Gasteiger partial charge in [-0.15, -0.1) is 0 Å². The Morgan fingerprint density at radius 3 is 2.24 bits per heavy atom. The summed E-state index contributed by atoms with van der Waals surface area (Å²) in [6, 6.07) is 4.10. The van der Waals surface area contributed by atoms with E-state index in [0.717, 1.165) is 4.57 Å². The van der Waals surface area contributed by atoms with Crippen molar-refractivity contribution in [2.75, 3.05) is 5.32 Å². The summed E-state index contributed by atoms with van der Waals surface area (Å²) >= 11 is 11.4. The summed E-state index contributed by atoms with van der Waals surface area (Å²) in [7, 11) is 2.96. The van der Waals surface area contributed by atoms with Gasteiger partial charge in [-0.25, -0.2) is 9.18 Å². The van der Waals surface area contributed by atoms with Crippen LogP contribution in [0.2, 0.25) is 10.0 Å². The fraction of sp³-hybridized carbons (Fsp3) is 0.231. The maximum absolute atomic E-state index is 13.3. The molecule has 0 bridgehead atoms. The molecule has 0 aliphatic rings. The maximum Gasteiger partial charge on any atom is 0.330 e. The Kier molecular flexibility index (Phi) is 4.39. The Labute approximate surface area is 129 Å². The summed E-state index contributed by atoms with van der Waals surface area (Å²) in [6.45, 7) is 0.195. The summed E-state index contributed by atoms with van der Waals surface area (Å²) in [4.78, 5) is 23.4. The molecule has 1 aromatic heterocycles. The molecule has 2 aromatic rings. The van der Waals surface area contributed by atoms with Gasteiger partial charge in [-0.05, 0) is 12.1 Å². The molecule has 0 aliphatic carbocycles. The SMILES string of the molecule is Cn1c(CNc2cc(Cl)c(F)c(Cl)c2)cc(=O)n(C)c1=O. The van der Waals surface area contributed by atoms with Crippen LogP contribution in [0.25, 0.3) is 0 Å². The number of nitrogens with zero attached hydrogens (tertiary/aromatic N) is 2. The van der Waals surface area contributed by atoms with Gasteiger partial charge in [0.25, 0.3) is 5.56 Å². The predicted molar refractivity (Wildman–Crippen MR) is 80.7 cm³/mol. The molecule has 0 unspecified atom stereocenters. The molecule has 0 aliphatic heterocycles. The molecule has 112 valence electrons.